The molecule has 0 aliphatic heterocycles. The fourth-order valence-electron chi connectivity index (χ4n) is 6.77. The maximum Gasteiger partial charge on any atom is 0.160 e. The molecule has 49 heavy (non-hydrogen) atoms. The average molecular weight is 627 g/mol. The highest BCUT2D eigenvalue weighted by molar-refractivity contribution is 6.15. The van der Waals surface area contributed by atoms with E-state index < -0.39 is 0 Å². The van der Waals surface area contributed by atoms with E-state index in [0.717, 1.165) is 50.5 Å². The van der Waals surface area contributed by atoms with Crippen LogP contribution in [0, 0.1) is 0 Å². The zero-order valence-corrected chi connectivity index (χ0v) is 26.6. The van der Waals surface area contributed by atoms with Crippen LogP contribution in [0.3, 0.4) is 0 Å². The number of rotatable bonds is 6. The number of fused-ring (bicyclic) bond motifs is 3. The number of pyridine rings is 1. The van der Waals surface area contributed by atoms with E-state index in [4.69, 9.17) is 9.97 Å². The van der Waals surface area contributed by atoms with E-state index in [1.807, 2.05) is 42.7 Å². The van der Waals surface area contributed by atoms with Gasteiger partial charge in [0.1, 0.15) is 0 Å². The van der Waals surface area contributed by atoms with Crippen molar-refractivity contribution in [2.75, 3.05) is 0 Å². The summed E-state index contributed by atoms with van der Waals surface area (Å²) in [5.41, 5.74) is 13.0. The Hall–Kier alpha value is -6.65. The van der Waals surface area contributed by atoms with Crippen LogP contribution >= 0.6 is 0 Å². The quantitative estimate of drug-likeness (QED) is 0.184. The fraction of sp³-hybridized carbons (Fsp3) is 0. The van der Waals surface area contributed by atoms with E-state index >= 15 is 0 Å². The summed E-state index contributed by atoms with van der Waals surface area (Å²) in [7, 11) is 0. The highest BCUT2D eigenvalue weighted by Gasteiger charge is 2.16. The van der Waals surface area contributed by atoms with Crippen LogP contribution in [0.4, 0.5) is 0 Å². The second-order valence-electron chi connectivity index (χ2n) is 12.1. The van der Waals surface area contributed by atoms with Crippen LogP contribution in [0.5, 0.6) is 0 Å². The Morgan fingerprint density at radius 1 is 0.388 bits per heavy atom. The first-order valence-electron chi connectivity index (χ1n) is 16.4. The number of aromatic nitrogens is 4. The van der Waals surface area contributed by atoms with Gasteiger partial charge in [-0.3, -0.25) is 4.98 Å². The molecule has 0 amide bonds. The highest BCUT2D eigenvalue weighted by atomic mass is 15.0. The molecular weight excluding hydrogens is 597 g/mol. The molecule has 0 atom stereocenters. The molecule has 0 N–H and O–H groups in total. The molecular formula is C45H30N4. The number of hydrogen-bond donors (Lipinski definition) is 0. The van der Waals surface area contributed by atoms with E-state index in [2.05, 4.69) is 149 Å². The molecule has 9 aromatic rings. The Balaban J connectivity index is 1.14. The minimum Gasteiger partial charge on any atom is -0.309 e. The molecule has 230 valence electrons. The summed E-state index contributed by atoms with van der Waals surface area (Å²) in [6, 6.07) is 59.5. The predicted molar refractivity (Wildman–Crippen MR) is 201 cm³/mol. The lowest BCUT2D eigenvalue weighted by Crippen LogP contribution is -1.96. The van der Waals surface area contributed by atoms with Crippen molar-refractivity contribution in [2.24, 2.45) is 0 Å². The molecule has 0 aliphatic rings. The third kappa shape index (κ3) is 5.26. The van der Waals surface area contributed by atoms with Crippen LogP contribution in [0.1, 0.15) is 0 Å². The highest BCUT2D eigenvalue weighted by Crippen LogP contribution is 2.39. The molecule has 0 saturated carbocycles. The molecule has 4 heteroatoms. The van der Waals surface area contributed by atoms with Crippen molar-refractivity contribution >= 4 is 21.8 Å². The third-order valence-electron chi connectivity index (χ3n) is 9.16. The van der Waals surface area contributed by atoms with Crippen molar-refractivity contribution < 1.29 is 0 Å². The van der Waals surface area contributed by atoms with Gasteiger partial charge in [-0.1, -0.05) is 127 Å². The lowest BCUT2D eigenvalue weighted by atomic mass is 9.97. The largest absolute Gasteiger partial charge is 0.309 e. The molecule has 3 heterocycles. The van der Waals surface area contributed by atoms with Crippen molar-refractivity contribution in [3.8, 4) is 61.8 Å². The minimum atomic E-state index is 0.703. The maximum atomic E-state index is 5.07. The van der Waals surface area contributed by atoms with E-state index in [9.17, 15) is 0 Å². The Labute approximate surface area is 284 Å². The van der Waals surface area contributed by atoms with Crippen LogP contribution in [0.2, 0.25) is 0 Å². The summed E-state index contributed by atoms with van der Waals surface area (Å²) in [6.45, 7) is 0. The van der Waals surface area contributed by atoms with Gasteiger partial charge in [-0.2, -0.15) is 0 Å². The first-order chi connectivity index (χ1) is 24.3. The maximum absolute atomic E-state index is 5.07. The topological polar surface area (TPSA) is 43.6 Å². The van der Waals surface area contributed by atoms with Gasteiger partial charge >= 0.3 is 0 Å². The summed E-state index contributed by atoms with van der Waals surface area (Å²) < 4.78 is 2.36. The van der Waals surface area contributed by atoms with Gasteiger partial charge in [0.2, 0.25) is 0 Å². The zero-order chi connectivity index (χ0) is 32.6. The third-order valence-corrected chi connectivity index (χ3v) is 9.16. The Kier molecular flexibility index (Phi) is 7.10. The normalized spacial score (nSPS) is 11.3. The van der Waals surface area contributed by atoms with E-state index in [1.54, 1.807) is 0 Å². The molecule has 0 spiro atoms. The van der Waals surface area contributed by atoms with Gasteiger partial charge < -0.3 is 4.57 Å². The number of nitrogens with zero attached hydrogens (tertiary/aromatic N) is 4. The summed E-state index contributed by atoms with van der Waals surface area (Å²) >= 11 is 0. The SMILES string of the molecule is c1ccc(-c2nc(-c3ccc(-c4ccncc4)cc3)cc(-c3ccc(-c4cccc5c4c4ccccc4n5-c4ccccc4)cc3)n2)cc1. The number of para-hydroxylation sites is 2. The molecule has 0 unspecified atom stereocenters. The Morgan fingerprint density at radius 2 is 0.939 bits per heavy atom. The molecule has 0 bridgehead atoms. The summed E-state index contributed by atoms with van der Waals surface area (Å²) in [6.07, 6.45) is 3.64. The van der Waals surface area contributed by atoms with Crippen molar-refractivity contribution in [3.05, 3.63) is 182 Å². The lowest BCUT2D eigenvalue weighted by molar-refractivity contribution is 1.18. The second-order valence-corrected chi connectivity index (χ2v) is 12.1. The van der Waals surface area contributed by atoms with Crippen LogP contribution in [0.15, 0.2) is 182 Å². The smallest absolute Gasteiger partial charge is 0.160 e. The molecule has 3 aromatic heterocycles. The molecule has 6 aromatic carbocycles. The van der Waals surface area contributed by atoms with Gasteiger partial charge in [-0.05, 0) is 64.7 Å². The molecule has 0 aliphatic carbocycles. The van der Waals surface area contributed by atoms with Crippen molar-refractivity contribution in [2.45, 2.75) is 0 Å². The van der Waals surface area contributed by atoms with Crippen LogP contribution < -0.4 is 0 Å². The van der Waals surface area contributed by atoms with E-state index in [-0.39, 0.29) is 0 Å². The van der Waals surface area contributed by atoms with Gasteiger partial charge in [-0.15, -0.1) is 0 Å². The predicted octanol–water partition coefficient (Wildman–Crippen LogP) is 11.3. The van der Waals surface area contributed by atoms with Gasteiger partial charge in [0, 0.05) is 45.5 Å². The first-order valence-corrected chi connectivity index (χ1v) is 16.4. The first kappa shape index (κ1) is 28.6. The Morgan fingerprint density at radius 3 is 1.63 bits per heavy atom. The van der Waals surface area contributed by atoms with Crippen molar-refractivity contribution in [3.63, 3.8) is 0 Å². The molecule has 9 rings (SSSR count). The van der Waals surface area contributed by atoms with Crippen LogP contribution in [0.25, 0.3) is 83.6 Å². The zero-order valence-electron chi connectivity index (χ0n) is 26.6. The second kappa shape index (κ2) is 12.2. The summed E-state index contributed by atoms with van der Waals surface area (Å²) in [5.74, 6) is 0.703. The minimum absolute atomic E-state index is 0.703. The standard InChI is InChI=1S/C45H30N4/c1-3-10-36(11-4-1)45-47-40(34-22-18-31(19-23-34)32-26-28-46-29-27-32)30-41(48-45)35-24-20-33(21-25-35)38-15-9-17-43-44(38)39-14-7-8-16-42(39)49(43)37-12-5-2-6-13-37/h1-30H. The number of benzene rings is 6. The summed E-state index contributed by atoms with van der Waals surface area (Å²) in [4.78, 5) is 14.3. The number of hydrogen-bond acceptors (Lipinski definition) is 3. The van der Waals surface area contributed by atoms with Gasteiger partial charge in [0.15, 0.2) is 5.82 Å². The van der Waals surface area contributed by atoms with E-state index in [0.29, 0.717) is 5.82 Å². The van der Waals surface area contributed by atoms with E-state index in [1.165, 1.54) is 27.4 Å². The Bertz CT molecular complexity index is 2560. The van der Waals surface area contributed by atoms with Gasteiger partial charge in [0.25, 0.3) is 0 Å². The molecule has 0 fully saturated rings. The van der Waals surface area contributed by atoms with Crippen LogP contribution in [-0.2, 0) is 0 Å². The molecule has 0 saturated heterocycles. The monoisotopic (exact) mass is 626 g/mol. The van der Waals surface area contributed by atoms with Crippen molar-refractivity contribution in [1.82, 2.24) is 19.5 Å². The van der Waals surface area contributed by atoms with Gasteiger partial charge in [0.05, 0.1) is 22.4 Å². The lowest BCUT2D eigenvalue weighted by Gasteiger charge is -2.11. The summed E-state index contributed by atoms with van der Waals surface area (Å²) in [5, 5.41) is 2.49. The van der Waals surface area contributed by atoms with Crippen molar-refractivity contribution in [1.29, 1.82) is 0 Å². The average Bonchev–Trinajstić information content (AvgIpc) is 3.53. The van der Waals surface area contributed by atoms with Crippen LogP contribution in [-0.4, -0.2) is 19.5 Å². The van der Waals surface area contributed by atoms with Gasteiger partial charge in [-0.25, -0.2) is 9.97 Å². The molecule has 4 nitrogen and oxygen atoms in total. The molecule has 0 radical (unpaired) electrons. The fourth-order valence-corrected chi connectivity index (χ4v) is 6.77.